The fourth-order valence-corrected chi connectivity index (χ4v) is 4.95. The third-order valence-corrected chi connectivity index (χ3v) is 8.19. The molecule has 2 aliphatic heterocycles. The minimum Gasteiger partial charge on any atom is -0.496 e. The van der Waals surface area contributed by atoms with Crippen molar-refractivity contribution in [2.24, 2.45) is 0 Å². The van der Waals surface area contributed by atoms with Gasteiger partial charge in [0.1, 0.15) is 17.0 Å². The highest BCUT2D eigenvalue weighted by molar-refractivity contribution is 7.90. The van der Waals surface area contributed by atoms with Gasteiger partial charge in [0.25, 0.3) is 0 Å². The summed E-state index contributed by atoms with van der Waals surface area (Å²) in [4.78, 5) is 14.7. The van der Waals surface area contributed by atoms with E-state index in [2.05, 4.69) is 15.0 Å². The van der Waals surface area contributed by atoms with Crippen molar-refractivity contribution in [1.29, 1.82) is 0 Å². The van der Waals surface area contributed by atoms with Crippen LogP contribution in [0.2, 0.25) is 0 Å². The Morgan fingerprint density at radius 3 is 2.85 bits per heavy atom. The number of methoxy groups -OCH3 is 1. The van der Waals surface area contributed by atoms with E-state index < -0.39 is 20.9 Å². The standard InChI is InChI=1S/C22H31N5O5S/c1-16(2)33(29,30)23-12-18-19-13-32-22(15-27(19)25-24-18)10-11-26(14-22)21(28)9-8-17-6-4-5-7-20(17)31-3/h4-7,16,23H,8-15H2,1-3H3. The van der Waals surface area contributed by atoms with Crippen molar-refractivity contribution in [3.8, 4) is 5.75 Å². The van der Waals surface area contributed by atoms with Gasteiger partial charge in [-0.15, -0.1) is 5.10 Å². The Kier molecular flexibility index (Phi) is 6.73. The van der Waals surface area contributed by atoms with Gasteiger partial charge in [-0.05, 0) is 38.3 Å². The molecule has 33 heavy (non-hydrogen) atoms. The van der Waals surface area contributed by atoms with Crippen molar-refractivity contribution in [1.82, 2.24) is 24.6 Å². The highest BCUT2D eigenvalue weighted by Gasteiger charge is 2.44. The second-order valence-corrected chi connectivity index (χ2v) is 11.2. The number of nitrogens with zero attached hydrogens (tertiary/aromatic N) is 4. The minimum atomic E-state index is -3.39. The molecule has 2 aromatic rings. The molecule has 1 fully saturated rings. The van der Waals surface area contributed by atoms with Gasteiger partial charge >= 0.3 is 0 Å². The van der Waals surface area contributed by atoms with E-state index in [9.17, 15) is 13.2 Å². The molecule has 1 aromatic heterocycles. The molecule has 1 saturated heterocycles. The van der Waals surface area contributed by atoms with Crippen LogP contribution in [0.15, 0.2) is 24.3 Å². The Bertz CT molecular complexity index is 1120. The molecule has 1 N–H and O–H groups in total. The number of amides is 1. The number of hydrogen-bond donors (Lipinski definition) is 1. The number of aryl methyl sites for hydroxylation is 1. The van der Waals surface area contributed by atoms with Crippen molar-refractivity contribution in [3.05, 3.63) is 41.2 Å². The Labute approximate surface area is 194 Å². The van der Waals surface area contributed by atoms with Gasteiger partial charge in [-0.1, -0.05) is 23.4 Å². The predicted molar refractivity (Wildman–Crippen MR) is 121 cm³/mol. The molecule has 2 aliphatic rings. The molecular formula is C22H31N5O5S. The van der Waals surface area contributed by atoms with Crippen molar-refractivity contribution < 1.29 is 22.7 Å². The summed E-state index contributed by atoms with van der Waals surface area (Å²) >= 11 is 0. The third kappa shape index (κ3) is 5.04. The Hall–Kier alpha value is -2.50. The molecule has 3 heterocycles. The van der Waals surface area contributed by atoms with Gasteiger partial charge in [0.2, 0.25) is 15.9 Å². The molecule has 10 nitrogen and oxygen atoms in total. The highest BCUT2D eigenvalue weighted by Crippen LogP contribution is 2.33. The molecule has 1 aromatic carbocycles. The van der Waals surface area contributed by atoms with Crippen LogP contribution >= 0.6 is 0 Å². The van der Waals surface area contributed by atoms with Crippen LogP contribution in [0.4, 0.5) is 0 Å². The van der Waals surface area contributed by atoms with Gasteiger partial charge in [0, 0.05) is 13.0 Å². The van der Waals surface area contributed by atoms with E-state index in [1.165, 1.54) is 0 Å². The highest BCUT2D eigenvalue weighted by atomic mass is 32.2. The fraction of sp³-hybridized carbons (Fsp3) is 0.591. The number of para-hydroxylation sites is 1. The summed E-state index contributed by atoms with van der Waals surface area (Å²) in [5, 5.41) is 7.86. The van der Waals surface area contributed by atoms with Crippen molar-refractivity contribution in [2.45, 2.75) is 63.7 Å². The van der Waals surface area contributed by atoms with Crippen LogP contribution in [-0.2, 0) is 45.7 Å². The van der Waals surface area contributed by atoms with Gasteiger partial charge in [-0.2, -0.15) is 0 Å². The topological polar surface area (TPSA) is 116 Å². The van der Waals surface area contributed by atoms with E-state index >= 15 is 0 Å². The average Bonchev–Trinajstić information content (AvgIpc) is 3.40. The van der Waals surface area contributed by atoms with Crippen LogP contribution in [0.3, 0.4) is 0 Å². The second-order valence-electron chi connectivity index (χ2n) is 8.90. The normalized spacial score (nSPS) is 20.4. The van der Waals surface area contributed by atoms with Gasteiger partial charge in [0.15, 0.2) is 0 Å². The first-order valence-electron chi connectivity index (χ1n) is 11.2. The lowest BCUT2D eigenvalue weighted by Crippen LogP contribution is -2.45. The number of aromatic nitrogens is 3. The summed E-state index contributed by atoms with van der Waals surface area (Å²) in [6, 6.07) is 7.74. The van der Waals surface area contributed by atoms with Crippen LogP contribution in [-0.4, -0.2) is 65.3 Å². The molecule has 0 saturated carbocycles. The van der Waals surface area contributed by atoms with Crippen LogP contribution in [0, 0.1) is 0 Å². The third-order valence-electron chi connectivity index (χ3n) is 6.40. The quantitative estimate of drug-likeness (QED) is 0.608. The van der Waals surface area contributed by atoms with E-state index in [0.717, 1.165) is 23.4 Å². The molecule has 1 atom stereocenters. The van der Waals surface area contributed by atoms with E-state index in [0.29, 0.717) is 38.2 Å². The molecule has 4 rings (SSSR count). The first-order chi connectivity index (χ1) is 15.7. The smallest absolute Gasteiger partial charge is 0.223 e. The number of rotatable bonds is 8. The summed E-state index contributed by atoms with van der Waals surface area (Å²) in [6.45, 7) is 5.25. The van der Waals surface area contributed by atoms with Crippen LogP contribution in [0.1, 0.15) is 43.6 Å². The van der Waals surface area contributed by atoms with Crippen molar-refractivity contribution in [3.63, 3.8) is 0 Å². The lowest BCUT2D eigenvalue weighted by atomic mass is 10.0. The lowest BCUT2D eigenvalue weighted by Gasteiger charge is -2.34. The summed E-state index contributed by atoms with van der Waals surface area (Å²) in [7, 11) is -1.76. The molecule has 0 aliphatic carbocycles. The molecule has 180 valence electrons. The average molecular weight is 478 g/mol. The number of carbonyl (C=O) groups excluding carboxylic acids is 1. The van der Waals surface area contributed by atoms with Gasteiger partial charge in [-0.3, -0.25) is 4.79 Å². The molecule has 1 amide bonds. The number of likely N-dealkylation sites (tertiary alicyclic amines) is 1. The molecule has 11 heteroatoms. The molecular weight excluding hydrogens is 446 g/mol. The zero-order chi connectivity index (χ0) is 23.6. The summed E-state index contributed by atoms with van der Waals surface area (Å²) in [5.41, 5.74) is 1.86. The lowest BCUT2D eigenvalue weighted by molar-refractivity contribution is -0.133. The molecule has 1 spiro atoms. The molecule has 1 unspecified atom stereocenters. The first kappa shape index (κ1) is 23.7. The van der Waals surface area contributed by atoms with Crippen molar-refractivity contribution in [2.75, 3.05) is 20.2 Å². The number of hydrogen-bond acceptors (Lipinski definition) is 7. The maximum Gasteiger partial charge on any atom is 0.223 e. The van der Waals surface area contributed by atoms with Gasteiger partial charge in [-0.25, -0.2) is 17.8 Å². The predicted octanol–water partition coefficient (Wildman–Crippen LogP) is 1.25. The summed E-state index contributed by atoms with van der Waals surface area (Å²) in [5.74, 6) is 0.888. The maximum absolute atomic E-state index is 12.9. The van der Waals surface area contributed by atoms with Crippen molar-refractivity contribution >= 4 is 15.9 Å². The second kappa shape index (κ2) is 9.40. The summed E-state index contributed by atoms with van der Waals surface area (Å²) in [6.07, 6.45) is 1.75. The zero-order valence-corrected chi connectivity index (χ0v) is 20.1. The number of fused-ring (bicyclic) bond motifs is 1. The SMILES string of the molecule is COc1ccccc1CCC(=O)N1CCC2(C1)Cn1nnc(CNS(=O)(=O)C(C)C)c1CO2. The molecule has 0 bridgehead atoms. The van der Waals surface area contributed by atoms with Gasteiger partial charge < -0.3 is 14.4 Å². The Morgan fingerprint density at radius 1 is 1.30 bits per heavy atom. The van der Waals surface area contributed by atoms with E-state index in [-0.39, 0.29) is 19.1 Å². The van der Waals surface area contributed by atoms with E-state index in [4.69, 9.17) is 9.47 Å². The zero-order valence-electron chi connectivity index (χ0n) is 19.3. The van der Waals surface area contributed by atoms with E-state index in [1.807, 2.05) is 29.2 Å². The fourth-order valence-electron chi connectivity index (χ4n) is 4.28. The number of sulfonamides is 1. The number of ether oxygens (including phenoxy) is 2. The van der Waals surface area contributed by atoms with Crippen LogP contribution in [0.25, 0.3) is 0 Å². The Morgan fingerprint density at radius 2 is 2.09 bits per heavy atom. The van der Waals surface area contributed by atoms with Crippen LogP contribution < -0.4 is 9.46 Å². The van der Waals surface area contributed by atoms with Crippen LogP contribution in [0.5, 0.6) is 5.75 Å². The summed E-state index contributed by atoms with van der Waals surface area (Å²) < 4.78 is 40.0. The molecule has 0 radical (unpaired) electrons. The maximum atomic E-state index is 12.9. The largest absolute Gasteiger partial charge is 0.496 e. The van der Waals surface area contributed by atoms with E-state index in [1.54, 1.807) is 25.6 Å². The monoisotopic (exact) mass is 477 g/mol. The first-order valence-corrected chi connectivity index (χ1v) is 12.7. The number of benzene rings is 1. The number of nitrogens with one attached hydrogen (secondary N) is 1. The number of carbonyl (C=O) groups is 1. The Balaban J connectivity index is 1.35. The minimum absolute atomic E-state index is 0.0831. The van der Waals surface area contributed by atoms with Gasteiger partial charge in [0.05, 0.1) is 44.3 Å².